The molecule has 0 radical (unpaired) electrons. The van der Waals surface area contributed by atoms with Crippen LogP contribution < -0.4 is 10.6 Å². The van der Waals surface area contributed by atoms with Crippen molar-refractivity contribution in [2.24, 2.45) is 5.92 Å². The summed E-state index contributed by atoms with van der Waals surface area (Å²) in [5, 5.41) is 6.34. The van der Waals surface area contributed by atoms with E-state index < -0.39 is 0 Å². The Labute approximate surface area is 79.3 Å². The summed E-state index contributed by atoms with van der Waals surface area (Å²) in [7, 11) is 0. The van der Waals surface area contributed by atoms with Gasteiger partial charge in [0.1, 0.15) is 0 Å². The minimum Gasteiger partial charge on any atom is -0.353 e. The van der Waals surface area contributed by atoms with E-state index in [1.54, 1.807) is 0 Å². The van der Waals surface area contributed by atoms with Gasteiger partial charge in [-0.15, -0.1) is 0 Å². The lowest BCUT2D eigenvalue weighted by atomic mass is 10.0. The van der Waals surface area contributed by atoms with E-state index in [1.165, 1.54) is 19.3 Å². The van der Waals surface area contributed by atoms with Gasteiger partial charge in [0.15, 0.2) is 0 Å². The fourth-order valence-corrected chi connectivity index (χ4v) is 1.82. The van der Waals surface area contributed by atoms with Gasteiger partial charge in [-0.1, -0.05) is 0 Å². The quantitative estimate of drug-likeness (QED) is 0.670. The van der Waals surface area contributed by atoms with Crippen molar-refractivity contribution in [3.63, 3.8) is 0 Å². The van der Waals surface area contributed by atoms with E-state index in [2.05, 4.69) is 10.6 Å². The van der Waals surface area contributed by atoms with Crippen LogP contribution in [-0.2, 0) is 4.79 Å². The third-order valence-corrected chi connectivity index (χ3v) is 2.88. The number of hydrogen-bond donors (Lipinski definition) is 2. The molecule has 1 heterocycles. The smallest absolute Gasteiger partial charge is 0.220 e. The number of carbonyl (C=O) groups excluding carboxylic acids is 1. The van der Waals surface area contributed by atoms with Gasteiger partial charge in [0, 0.05) is 12.5 Å². The molecule has 74 valence electrons. The summed E-state index contributed by atoms with van der Waals surface area (Å²) in [5.74, 6) is 0.999. The van der Waals surface area contributed by atoms with E-state index in [4.69, 9.17) is 0 Å². The summed E-state index contributed by atoms with van der Waals surface area (Å²) in [5.41, 5.74) is 0. The van der Waals surface area contributed by atoms with Crippen LogP contribution in [0.4, 0.5) is 0 Å². The minimum atomic E-state index is 0.259. The summed E-state index contributed by atoms with van der Waals surface area (Å²) in [6, 6.07) is 0.522. The predicted molar refractivity (Wildman–Crippen MR) is 51.4 cm³/mol. The van der Waals surface area contributed by atoms with Crippen LogP contribution >= 0.6 is 0 Å². The molecule has 1 unspecified atom stereocenters. The zero-order valence-corrected chi connectivity index (χ0v) is 8.01. The van der Waals surface area contributed by atoms with E-state index in [1.807, 2.05) is 0 Å². The molecule has 1 aliphatic carbocycles. The first-order valence-electron chi connectivity index (χ1n) is 5.34. The lowest BCUT2D eigenvalue weighted by Crippen LogP contribution is -2.25. The van der Waals surface area contributed by atoms with Gasteiger partial charge in [-0.3, -0.25) is 4.79 Å². The van der Waals surface area contributed by atoms with Crippen LogP contribution in [-0.4, -0.2) is 25.0 Å². The predicted octanol–water partition coefficient (Wildman–Crippen LogP) is 0.655. The van der Waals surface area contributed by atoms with Gasteiger partial charge < -0.3 is 10.6 Å². The van der Waals surface area contributed by atoms with Crippen molar-refractivity contribution < 1.29 is 4.79 Å². The standard InChI is InChI=1S/C10H18N2O/c13-10(12-9-2-3-9)4-1-8-5-6-11-7-8/h8-9,11H,1-7H2,(H,12,13). The average molecular weight is 182 g/mol. The van der Waals surface area contributed by atoms with Gasteiger partial charge in [-0.2, -0.15) is 0 Å². The van der Waals surface area contributed by atoms with E-state index in [0.717, 1.165) is 31.8 Å². The van der Waals surface area contributed by atoms with Crippen LogP contribution in [0.1, 0.15) is 32.1 Å². The summed E-state index contributed by atoms with van der Waals surface area (Å²) >= 11 is 0. The summed E-state index contributed by atoms with van der Waals surface area (Å²) < 4.78 is 0. The second kappa shape index (κ2) is 4.09. The molecule has 13 heavy (non-hydrogen) atoms. The largest absolute Gasteiger partial charge is 0.353 e. The molecule has 1 saturated carbocycles. The first kappa shape index (κ1) is 9.00. The molecule has 3 nitrogen and oxygen atoms in total. The Morgan fingerprint density at radius 1 is 1.38 bits per heavy atom. The van der Waals surface area contributed by atoms with Crippen LogP contribution in [0.5, 0.6) is 0 Å². The van der Waals surface area contributed by atoms with Crippen molar-refractivity contribution >= 4 is 5.91 Å². The second-order valence-corrected chi connectivity index (χ2v) is 4.24. The number of rotatable bonds is 4. The normalized spacial score (nSPS) is 27.5. The minimum absolute atomic E-state index is 0.259. The molecule has 1 saturated heterocycles. The Kier molecular flexibility index (Phi) is 2.83. The maximum atomic E-state index is 11.3. The number of carbonyl (C=O) groups is 1. The van der Waals surface area contributed by atoms with Crippen LogP contribution in [0.25, 0.3) is 0 Å². The Balaban J connectivity index is 1.57. The van der Waals surface area contributed by atoms with E-state index in [9.17, 15) is 4.79 Å². The van der Waals surface area contributed by atoms with Crippen molar-refractivity contribution in [3.8, 4) is 0 Å². The molecule has 0 spiro atoms. The number of hydrogen-bond acceptors (Lipinski definition) is 2. The molecule has 1 aliphatic heterocycles. The molecule has 0 aromatic heterocycles. The van der Waals surface area contributed by atoms with E-state index >= 15 is 0 Å². The van der Waals surface area contributed by atoms with Crippen LogP contribution in [0.3, 0.4) is 0 Å². The zero-order chi connectivity index (χ0) is 9.10. The summed E-state index contributed by atoms with van der Waals surface area (Å²) in [6.07, 6.45) is 5.42. The molecular formula is C10H18N2O. The molecule has 0 aromatic rings. The molecule has 2 fully saturated rings. The average Bonchev–Trinajstić information content (AvgIpc) is 2.78. The van der Waals surface area contributed by atoms with Crippen LogP contribution in [0.2, 0.25) is 0 Å². The molecule has 2 aliphatic rings. The maximum absolute atomic E-state index is 11.3. The molecule has 1 atom stereocenters. The molecule has 3 heteroatoms. The highest BCUT2D eigenvalue weighted by molar-refractivity contribution is 5.76. The highest BCUT2D eigenvalue weighted by Gasteiger charge is 2.23. The monoisotopic (exact) mass is 182 g/mol. The topological polar surface area (TPSA) is 41.1 Å². The molecule has 2 rings (SSSR count). The Hall–Kier alpha value is -0.570. The first-order valence-corrected chi connectivity index (χ1v) is 5.34. The molecule has 1 amide bonds. The van der Waals surface area contributed by atoms with Crippen molar-refractivity contribution in [2.75, 3.05) is 13.1 Å². The highest BCUT2D eigenvalue weighted by Crippen LogP contribution is 2.19. The van der Waals surface area contributed by atoms with Gasteiger partial charge in [0.2, 0.25) is 5.91 Å². The van der Waals surface area contributed by atoms with Crippen LogP contribution in [0.15, 0.2) is 0 Å². The first-order chi connectivity index (χ1) is 6.34. The van der Waals surface area contributed by atoms with Gasteiger partial charge in [-0.25, -0.2) is 0 Å². The molecular weight excluding hydrogens is 164 g/mol. The van der Waals surface area contributed by atoms with Gasteiger partial charge in [-0.05, 0) is 44.7 Å². The Morgan fingerprint density at radius 2 is 2.23 bits per heavy atom. The van der Waals surface area contributed by atoms with Crippen molar-refractivity contribution in [2.45, 2.75) is 38.1 Å². The van der Waals surface area contributed by atoms with E-state index in [0.29, 0.717) is 6.04 Å². The lowest BCUT2D eigenvalue weighted by Gasteiger charge is -2.07. The Bertz CT molecular complexity index is 183. The van der Waals surface area contributed by atoms with Crippen molar-refractivity contribution in [1.29, 1.82) is 0 Å². The molecule has 0 aromatic carbocycles. The van der Waals surface area contributed by atoms with E-state index in [-0.39, 0.29) is 5.91 Å². The second-order valence-electron chi connectivity index (χ2n) is 4.24. The zero-order valence-electron chi connectivity index (χ0n) is 8.01. The third kappa shape index (κ3) is 2.99. The Morgan fingerprint density at radius 3 is 2.85 bits per heavy atom. The summed E-state index contributed by atoms with van der Waals surface area (Å²) in [4.78, 5) is 11.3. The lowest BCUT2D eigenvalue weighted by molar-refractivity contribution is -0.121. The SMILES string of the molecule is O=C(CCC1CCNC1)NC1CC1. The summed E-state index contributed by atoms with van der Waals surface area (Å²) in [6.45, 7) is 2.24. The van der Waals surface area contributed by atoms with Gasteiger partial charge in [0.05, 0.1) is 0 Å². The number of amides is 1. The third-order valence-electron chi connectivity index (χ3n) is 2.88. The maximum Gasteiger partial charge on any atom is 0.220 e. The van der Waals surface area contributed by atoms with Gasteiger partial charge in [0.25, 0.3) is 0 Å². The van der Waals surface area contributed by atoms with Crippen molar-refractivity contribution in [3.05, 3.63) is 0 Å². The van der Waals surface area contributed by atoms with Gasteiger partial charge >= 0.3 is 0 Å². The fourth-order valence-electron chi connectivity index (χ4n) is 1.82. The fraction of sp³-hybridized carbons (Fsp3) is 0.900. The highest BCUT2D eigenvalue weighted by atomic mass is 16.1. The molecule has 2 N–H and O–H groups in total. The number of nitrogens with one attached hydrogen (secondary N) is 2. The van der Waals surface area contributed by atoms with Crippen molar-refractivity contribution in [1.82, 2.24) is 10.6 Å². The van der Waals surface area contributed by atoms with Crippen LogP contribution in [0, 0.1) is 5.92 Å². The molecule has 0 bridgehead atoms.